The average molecular weight is 258 g/mol. The van der Waals surface area contributed by atoms with Gasteiger partial charge in [-0.05, 0) is 24.6 Å². The molecule has 19 heavy (non-hydrogen) atoms. The predicted octanol–water partition coefficient (Wildman–Crippen LogP) is 1.94. The predicted molar refractivity (Wildman–Crippen MR) is 75.1 cm³/mol. The van der Waals surface area contributed by atoms with Crippen molar-refractivity contribution in [2.45, 2.75) is 25.8 Å². The number of rotatable bonds is 5. The number of anilines is 1. The van der Waals surface area contributed by atoms with Crippen LogP contribution in [0.4, 0.5) is 5.69 Å². The molecule has 0 aliphatic rings. The Bertz CT molecular complexity index is 536. The highest BCUT2D eigenvalue weighted by atomic mass is 16.1. The van der Waals surface area contributed by atoms with Crippen LogP contribution in [-0.2, 0) is 4.79 Å². The molecule has 0 aliphatic carbocycles. The Kier molecular flexibility index (Phi) is 4.30. The van der Waals surface area contributed by atoms with Crippen molar-refractivity contribution >= 4 is 11.6 Å². The van der Waals surface area contributed by atoms with Crippen LogP contribution in [0.2, 0.25) is 0 Å². The molecule has 0 radical (unpaired) electrons. The van der Waals surface area contributed by atoms with Crippen LogP contribution in [0.25, 0.3) is 5.69 Å². The number of amides is 1. The Morgan fingerprint density at radius 1 is 1.42 bits per heavy atom. The molecule has 1 unspecified atom stereocenters. The zero-order valence-electron chi connectivity index (χ0n) is 10.9. The lowest BCUT2D eigenvalue weighted by atomic mass is 10.1. The highest BCUT2D eigenvalue weighted by molar-refractivity contribution is 5.93. The van der Waals surface area contributed by atoms with Gasteiger partial charge in [0.25, 0.3) is 0 Å². The molecule has 5 nitrogen and oxygen atoms in total. The molecule has 1 heterocycles. The van der Waals surface area contributed by atoms with Crippen LogP contribution in [0.15, 0.2) is 42.7 Å². The van der Waals surface area contributed by atoms with Gasteiger partial charge in [-0.15, -0.1) is 0 Å². The second-order valence-corrected chi connectivity index (χ2v) is 4.39. The van der Waals surface area contributed by atoms with Crippen molar-refractivity contribution in [2.24, 2.45) is 5.73 Å². The van der Waals surface area contributed by atoms with Crippen molar-refractivity contribution in [3.05, 3.63) is 42.7 Å². The summed E-state index contributed by atoms with van der Waals surface area (Å²) in [6, 6.07) is 9.28. The smallest absolute Gasteiger partial charge is 0.225 e. The van der Waals surface area contributed by atoms with Gasteiger partial charge in [0.05, 0.1) is 11.4 Å². The molecule has 1 atom stereocenters. The highest BCUT2D eigenvalue weighted by Gasteiger charge is 2.10. The first-order valence-electron chi connectivity index (χ1n) is 6.35. The number of nitrogens with zero attached hydrogens (tertiary/aromatic N) is 2. The Morgan fingerprint density at radius 2 is 2.21 bits per heavy atom. The van der Waals surface area contributed by atoms with Crippen LogP contribution in [0.1, 0.15) is 19.8 Å². The zero-order chi connectivity index (χ0) is 13.7. The van der Waals surface area contributed by atoms with Crippen LogP contribution < -0.4 is 11.1 Å². The first-order chi connectivity index (χ1) is 9.20. The van der Waals surface area contributed by atoms with Crippen molar-refractivity contribution in [1.82, 2.24) is 9.78 Å². The minimum atomic E-state index is -0.100. The van der Waals surface area contributed by atoms with E-state index in [0.717, 1.165) is 17.8 Å². The van der Waals surface area contributed by atoms with E-state index in [2.05, 4.69) is 10.4 Å². The van der Waals surface area contributed by atoms with E-state index in [1.165, 1.54) is 0 Å². The summed E-state index contributed by atoms with van der Waals surface area (Å²) in [6.45, 7) is 1.97. The summed E-state index contributed by atoms with van der Waals surface area (Å²) < 4.78 is 1.72. The SMILES string of the molecule is CCC(N)CC(=O)Nc1ccccc1-n1cccn1. The van der Waals surface area contributed by atoms with Crippen molar-refractivity contribution < 1.29 is 4.79 Å². The van der Waals surface area contributed by atoms with Gasteiger partial charge < -0.3 is 11.1 Å². The number of hydrogen-bond acceptors (Lipinski definition) is 3. The number of carbonyl (C=O) groups is 1. The van der Waals surface area contributed by atoms with Crippen LogP contribution in [-0.4, -0.2) is 21.7 Å². The molecule has 3 N–H and O–H groups in total. The molecule has 2 rings (SSSR count). The molecular formula is C14H18N4O. The number of aromatic nitrogens is 2. The van der Waals surface area contributed by atoms with Crippen LogP contribution in [0.5, 0.6) is 0 Å². The molecule has 1 aromatic carbocycles. The first kappa shape index (κ1) is 13.3. The lowest BCUT2D eigenvalue weighted by molar-refractivity contribution is -0.116. The van der Waals surface area contributed by atoms with E-state index >= 15 is 0 Å². The van der Waals surface area contributed by atoms with E-state index in [0.29, 0.717) is 6.42 Å². The number of para-hydroxylation sites is 2. The quantitative estimate of drug-likeness (QED) is 0.860. The van der Waals surface area contributed by atoms with Gasteiger partial charge in [-0.2, -0.15) is 5.10 Å². The van der Waals surface area contributed by atoms with E-state index in [9.17, 15) is 4.79 Å². The van der Waals surface area contributed by atoms with Gasteiger partial charge in [0.2, 0.25) is 5.91 Å². The summed E-state index contributed by atoms with van der Waals surface area (Å²) in [5.74, 6) is -0.0750. The Balaban J connectivity index is 2.15. The second kappa shape index (κ2) is 6.15. The number of hydrogen-bond donors (Lipinski definition) is 2. The molecule has 0 saturated carbocycles. The number of nitrogens with one attached hydrogen (secondary N) is 1. The van der Waals surface area contributed by atoms with Crippen LogP contribution >= 0.6 is 0 Å². The van der Waals surface area contributed by atoms with Gasteiger partial charge >= 0.3 is 0 Å². The second-order valence-electron chi connectivity index (χ2n) is 4.39. The standard InChI is InChI=1S/C14H18N4O/c1-2-11(15)10-14(19)17-12-6-3-4-7-13(12)18-9-5-8-16-18/h3-9,11H,2,10,15H2,1H3,(H,17,19). The summed E-state index contributed by atoms with van der Waals surface area (Å²) in [5, 5.41) is 7.06. The molecule has 0 fully saturated rings. The van der Waals surface area contributed by atoms with Gasteiger partial charge in [-0.1, -0.05) is 19.1 Å². The van der Waals surface area contributed by atoms with Crippen molar-refractivity contribution in [3.63, 3.8) is 0 Å². The minimum absolute atomic E-state index is 0.0750. The third-order valence-electron chi connectivity index (χ3n) is 2.90. The molecule has 1 amide bonds. The van der Waals surface area contributed by atoms with E-state index in [1.807, 2.05) is 43.5 Å². The summed E-state index contributed by atoms with van der Waals surface area (Å²) in [7, 11) is 0. The Morgan fingerprint density at radius 3 is 2.89 bits per heavy atom. The summed E-state index contributed by atoms with van der Waals surface area (Å²) >= 11 is 0. The van der Waals surface area contributed by atoms with Gasteiger partial charge in [-0.3, -0.25) is 4.79 Å². The average Bonchev–Trinajstić information content (AvgIpc) is 2.93. The van der Waals surface area contributed by atoms with Gasteiger partial charge in [-0.25, -0.2) is 4.68 Å². The molecule has 0 saturated heterocycles. The zero-order valence-corrected chi connectivity index (χ0v) is 10.9. The molecule has 100 valence electrons. The van der Waals surface area contributed by atoms with Crippen LogP contribution in [0.3, 0.4) is 0 Å². The number of nitrogens with two attached hydrogens (primary N) is 1. The van der Waals surface area contributed by atoms with E-state index in [4.69, 9.17) is 5.73 Å². The molecule has 0 bridgehead atoms. The number of benzene rings is 1. The Labute approximate surface area is 112 Å². The molecule has 0 spiro atoms. The highest BCUT2D eigenvalue weighted by Crippen LogP contribution is 2.19. The monoisotopic (exact) mass is 258 g/mol. The maximum atomic E-state index is 11.9. The largest absolute Gasteiger partial charge is 0.327 e. The maximum absolute atomic E-state index is 11.9. The summed E-state index contributed by atoms with van der Waals surface area (Å²) in [6.07, 6.45) is 4.65. The van der Waals surface area contributed by atoms with Crippen molar-refractivity contribution in [2.75, 3.05) is 5.32 Å². The fraction of sp³-hybridized carbons (Fsp3) is 0.286. The van der Waals surface area contributed by atoms with Gasteiger partial charge in [0.15, 0.2) is 0 Å². The molecule has 2 aromatic rings. The van der Waals surface area contributed by atoms with E-state index in [1.54, 1.807) is 10.9 Å². The molecular weight excluding hydrogens is 240 g/mol. The van der Waals surface area contributed by atoms with Crippen molar-refractivity contribution in [1.29, 1.82) is 0 Å². The van der Waals surface area contributed by atoms with E-state index < -0.39 is 0 Å². The lowest BCUT2D eigenvalue weighted by Gasteiger charge is -2.12. The normalized spacial score (nSPS) is 12.1. The van der Waals surface area contributed by atoms with Crippen molar-refractivity contribution in [3.8, 4) is 5.69 Å². The van der Waals surface area contributed by atoms with E-state index in [-0.39, 0.29) is 11.9 Å². The molecule has 0 aliphatic heterocycles. The lowest BCUT2D eigenvalue weighted by Crippen LogP contribution is -2.26. The fourth-order valence-electron chi connectivity index (χ4n) is 1.77. The van der Waals surface area contributed by atoms with Crippen LogP contribution in [0, 0.1) is 0 Å². The third-order valence-corrected chi connectivity index (χ3v) is 2.90. The number of carbonyl (C=O) groups excluding carboxylic acids is 1. The van der Waals surface area contributed by atoms with Gasteiger partial charge in [0, 0.05) is 24.9 Å². The van der Waals surface area contributed by atoms with Gasteiger partial charge in [0.1, 0.15) is 0 Å². The third kappa shape index (κ3) is 3.42. The minimum Gasteiger partial charge on any atom is -0.327 e. The summed E-state index contributed by atoms with van der Waals surface area (Å²) in [4.78, 5) is 11.9. The fourth-order valence-corrected chi connectivity index (χ4v) is 1.77. The summed E-state index contributed by atoms with van der Waals surface area (Å²) in [5.41, 5.74) is 7.36. The topological polar surface area (TPSA) is 72.9 Å². The Hall–Kier alpha value is -2.14. The molecule has 1 aromatic heterocycles. The maximum Gasteiger partial charge on any atom is 0.225 e. The first-order valence-corrected chi connectivity index (χ1v) is 6.35. The molecule has 5 heteroatoms.